The van der Waals surface area contributed by atoms with E-state index in [9.17, 15) is 4.79 Å². The van der Waals surface area contributed by atoms with E-state index in [-0.39, 0.29) is 5.91 Å². The molecule has 0 saturated carbocycles. The van der Waals surface area contributed by atoms with Crippen molar-refractivity contribution >= 4 is 17.7 Å². The van der Waals surface area contributed by atoms with Crippen molar-refractivity contribution in [1.29, 1.82) is 0 Å². The van der Waals surface area contributed by atoms with Gasteiger partial charge in [-0.05, 0) is 32.2 Å². The molecule has 1 rings (SSSR count). The van der Waals surface area contributed by atoms with Gasteiger partial charge in [-0.1, -0.05) is 0 Å². The number of rotatable bonds is 7. The van der Waals surface area contributed by atoms with Crippen LogP contribution in [0.15, 0.2) is 0 Å². The average molecular weight is 260 g/mol. The Morgan fingerprint density at radius 3 is 2.82 bits per heavy atom. The first kappa shape index (κ1) is 14.8. The van der Waals surface area contributed by atoms with E-state index in [0.29, 0.717) is 19.1 Å². The van der Waals surface area contributed by atoms with E-state index in [0.717, 1.165) is 38.2 Å². The summed E-state index contributed by atoms with van der Waals surface area (Å²) in [5.74, 6) is 1.19. The second kappa shape index (κ2) is 8.78. The maximum absolute atomic E-state index is 11.7. The van der Waals surface area contributed by atoms with Crippen LogP contribution in [0.25, 0.3) is 0 Å². The van der Waals surface area contributed by atoms with Gasteiger partial charge in [0.15, 0.2) is 0 Å². The van der Waals surface area contributed by atoms with Gasteiger partial charge in [0, 0.05) is 19.3 Å². The first-order valence-electron chi connectivity index (χ1n) is 6.29. The van der Waals surface area contributed by atoms with Gasteiger partial charge in [-0.15, -0.1) is 0 Å². The zero-order valence-electron chi connectivity index (χ0n) is 10.9. The Labute approximate surface area is 108 Å². The van der Waals surface area contributed by atoms with Crippen molar-refractivity contribution < 1.29 is 9.53 Å². The fourth-order valence-electron chi connectivity index (χ4n) is 1.82. The molecule has 0 bridgehead atoms. The van der Waals surface area contributed by atoms with E-state index >= 15 is 0 Å². The molecular weight excluding hydrogens is 236 g/mol. The molecular formula is C12H24N2O2S. The van der Waals surface area contributed by atoms with Crippen molar-refractivity contribution in [2.24, 2.45) is 0 Å². The van der Waals surface area contributed by atoms with Gasteiger partial charge in [-0.2, -0.15) is 11.8 Å². The highest BCUT2D eigenvalue weighted by Crippen LogP contribution is 2.07. The normalized spacial score (nSPS) is 17.1. The van der Waals surface area contributed by atoms with Crippen molar-refractivity contribution in [3.05, 3.63) is 0 Å². The number of nitrogens with zero attached hydrogens (tertiary/aromatic N) is 1. The quantitative estimate of drug-likeness (QED) is 0.740. The van der Waals surface area contributed by atoms with Crippen molar-refractivity contribution in [3.8, 4) is 0 Å². The monoisotopic (exact) mass is 260 g/mol. The minimum absolute atomic E-state index is 0.188. The van der Waals surface area contributed by atoms with Crippen LogP contribution in [0, 0.1) is 0 Å². The van der Waals surface area contributed by atoms with E-state index in [1.54, 1.807) is 16.7 Å². The molecule has 1 N–H and O–H groups in total. The number of hydrogen-bond donors (Lipinski definition) is 1. The van der Waals surface area contributed by atoms with Crippen molar-refractivity contribution in [3.63, 3.8) is 0 Å². The molecule has 1 aliphatic heterocycles. The summed E-state index contributed by atoms with van der Waals surface area (Å²) in [6.45, 7) is 3.46. The van der Waals surface area contributed by atoms with Gasteiger partial charge in [0.1, 0.15) is 0 Å². The summed E-state index contributed by atoms with van der Waals surface area (Å²) in [6, 6.07) is 0. The molecule has 5 heteroatoms. The Morgan fingerprint density at radius 1 is 1.47 bits per heavy atom. The molecule has 1 saturated heterocycles. The molecule has 1 aliphatic rings. The zero-order valence-corrected chi connectivity index (χ0v) is 11.7. The second-order valence-corrected chi connectivity index (χ2v) is 5.36. The zero-order chi connectivity index (χ0) is 12.5. The van der Waals surface area contributed by atoms with E-state index in [2.05, 4.69) is 11.6 Å². The third-order valence-electron chi connectivity index (χ3n) is 3.01. The van der Waals surface area contributed by atoms with Gasteiger partial charge in [0.05, 0.1) is 19.1 Å². The highest BCUT2D eigenvalue weighted by atomic mass is 32.2. The lowest BCUT2D eigenvalue weighted by molar-refractivity contribution is -0.131. The summed E-state index contributed by atoms with van der Waals surface area (Å²) >= 11 is 1.76. The maximum atomic E-state index is 11.7. The Balaban J connectivity index is 2.06. The van der Waals surface area contributed by atoms with Crippen LogP contribution < -0.4 is 5.32 Å². The number of ether oxygens (including phenoxy) is 1. The summed E-state index contributed by atoms with van der Waals surface area (Å²) in [6.07, 6.45) is 5.04. The third-order valence-corrected chi connectivity index (χ3v) is 3.60. The summed E-state index contributed by atoms with van der Waals surface area (Å²) in [7, 11) is 1.86. The van der Waals surface area contributed by atoms with E-state index < -0.39 is 0 Å². The fraction of sp³-hybridized carbons (Fsp3) is 0.917. The lowest BCUT2D eigenvalue weighted by atomic mass is 10.1. The molecule has 1 fully saturated rings. The molecule has 0 aliphatic carbocycles. The lowest BCUT2D eigenvalue weighted by Gasteiger charge is -2.23. The van der Waals surface area contributed by atoms with Gasteiger partial charge in [0.25, 0.3) is 0 Å². The minimum Gasteiger partial charge on any atom is -0.378 e. The van der Waals surface area contributed by atoms with Gasteiger partial charge in [-0.3, -0.25) is 4.79 Å². The van der Waals surface area contributed by atoms with Gasteiger partial charge in [0.2, 0.25) is 5.91 Å². The van der Waals surface area contributed by atoms with Crippen LogP contribution in [-0.4, -0.2) is 62.2 Å². The van der Waals surface area contributed by atoms with Crippen LogP contribution in [0.1, 0.15) is 19.3 Å². The highest BCUT2D eigenvalue weighted by molar-refractivity contribution is 7.98. The first-order chi connectivity index (χ1) is 8.24. The Morgan fingerprint density at radius 2 is 2.18 bits per heavy atom. The summed E-state index contributed by atoms with van der Waals surface area (Å²) in [5, 5.41) is 3.30. The summed E-state index contributed by atoms with van der Waals surface area (Å²) < 4.78 is 5.72. The predicted molar refractivity (Wildman–Crippen MR) is 72.5 cm³/mol. The Kier molecular flexibility index (Phi) is 7.64. The molecule has 0 aromatic rings. The van der Waals surface area contributed by atoms with Crippen molar-refractivity contribution in [1.82, 2.24) is 10.2 Å². The molecule has 0 aromatic carbocycles. The van der Waals surface area contributed by atoms with Crippen LogP contribution in [0.3, 0.4) is 0 Å². The number of hydrogen-bond acceptors (Lipinski definition) is 4. The van der Waals surface area contributed by atoms with Crippen LogP contribution in [-0.2, 0) is 9.53 Å². The number of carbonyl (C=O) groups is 1. The molecule has 17 heavy (non-hydrogen) atoms. The van der Waals surface area contributed by atoms with E-state index in [1.807, 2.05) is 7.05 Å². The van der Waals surface area contributed by atoms with Crippen molar-refractivity contribution in [2.45, 2.75) is 25.4 Å². The van der Waals surface area contributed by atoms with Crippen LogP contribution >= 0.6 is 11.8 Å². The Bertz CT molecular complexity index is 221. The second-order valence-electron chi connectivity index (χ2n) is 4.38. The highest BCUT2D eigenvalue weighted by Gasteiger charge is 2.14. The van der Waals surface area contributed by atoms with Gasteiger partial charge in [-0.25, -0.2) is 0 Å². The lowest BCUT2D eigenvalue weighted by Crippen LogP contribution is -2.34. The maximum Gasteiger partial charge on any atom is 0.224 e. The van der Waals surface area contributed by atoms with E-state index in [4.69, 9.17) is 4.74 Å². The number of carbonyl (C=O) groups excluding carboxylic acids is 1. The fourth-order valence-corrected chi connectivity index (χ4v) is 2.28. The molecule has 100 valence electrons. The minimum atomic E-state index is 0.188. The molecule has 4 nitrogen and oxygen atoms in total. The average Bonchev–Trinajstić information content (AvgIpc) is 2.37. The molecule has 1 amide bonds. The summed E-state index contributed by atoms with van der Waals surface area (Å²) in [5.41, 5.74) is 0. The number of thioether (sulfide) groups is 1. The van der Waals surface area contributed by atoms with E-state index in [1.165, 1.54) is 0 Å². The number of nitrogens with one attached hydrogen (secondary N) is 1. The number of piperidine rings is 1. The van der Waals surface area contributed by atoms with Crippen molar-refractivity contribution in [2.75, 3.05) is 45.3 Å². The number of amides is 1. The van der Waals surface area contributed by atoms with Gasteiger partial charge < -0.3 is 15.0 Å². The van der Waals surface area contributed by atoms with Crippen LogP contribution in [0.2, 0.25) is 0 Å². The molecule has 0 aromatic heterocycles. The van der Waals surface area contributed by atoms with Crippen LogP contribution in [0.5, 0.6) is 0 Å². The molecule has 0 spiro atoms. The largest absolute Gasteiger partial charge is 0.378 e. The summed E-state index contributed by atoms with van der Waals surface area (Å²) in [4.78, 5) is 13.5. The SMILES string of the molecule is CSCCN(C)C(=O)CCOC1CCNCC1. The topological polar surface area (TPSA) is 41.6 Å². The van der Waals surface area contributed by atoms with Crippen LogP contribution in [0.4, 0.5) is 0 Å². The third kappa shape index (κ3) is 6.29. The Hall–Kier alpha value is -0.260. The predicted octanol–water partition coefficient (Wildman–Crippen LogP) is 0.966. The molecule has 0 atom stereocenters. The first-order valence-corrected chi connectivity index (χ1v) is 7.68. The molecule has 1 heterocycles. The van der Waals surface area contributed by atoms with Gasteiger partial charge >= 0.3 is 0 Å². The molecule has 0 radical (unpaired) electrons. The standard InChI is InChI=1S/C12H24N2O2S/c1-14(8-10-17-2)12(15)5-9-16-11-3-6-13-7-4-11/h11,13H,3-10H2,1-2H3. The molecule has 0 unspecified atom stereocenters. The smallest absolute Gasteiger partial charge is 0.224 e.